The maximum Gasteiger partial charge on any atom is 0.333 e. The van der Waals surface area contributed by atoms with E-state index in [-0.39, 0.29) is 18.8 Å². The molecule has 0 fully saturated rings. The number of carbonyl (C=O) groups is 2. The third-order valence-electron chi connectivity index (χ3n) is 1.39. The summed E-state index contributed by atoms with van der Waals surface area (Å²) in [5, 5.41) is 4.56. The Labute approximate surface area is 87.8 Å². The van der Waals surface area contributed by atoms with Crippen molar-refractivity contribution in [3.63, 3.8) is 0 Å². The Bertz CT molecular complexity index is 335. The van der Waals surface area contributed by atoms with Gasteiger partial charge in [0.15, 0.2) is 11.9 Å². The van der Waals surface area contributed by atoms with Crippen LogP contribution in [-0.4, -0.2) is 32.9 Å². The lowest BCUT2D eigenvalue weighted by molar-refractivity contribution is -0.152. The Kier molecular flexibility index (Phi) is 5.40. The number of rotatable bonds is 6. The fourth-order valence-electron chi connectivity index (χ4n) is 0.817. The number of carbonyl (C=O) groups excluding carboxylic acids is 2. The van der Waals surface area contributed by atoms with E-state index in [1.807, 2.05) is 0 Å². The first-order chi connectivity index (χ1) is 6.72. The minimum Gasteiger partial charge on any atom is -0.454 e. The number of hydrogen-bond donors (Lipinski definition) is 1. The van der Waals surface area contributed by atoms with Crippen molar-refractivity contribution in [2.24, 2.45) is 5.14 Å². The van der Waals surface area contributed by atoms with Gasteiger partial charge in [0.2, 0.25) is 0 Å². The van der Waals surface area contributed by atoms with Gasteiger partial charge in [-0.1, -0.05) is 0 Å². The molecule has 0 aliphatic heterocycles. The van der Waals surface area contributed by atoms with Gasteiger partial charge in [-0.05, 0) is 6.92 Å². The molecule has 0 heterocycles. The van der Waals surface area contributed by atoms with Gasteiger partial charge in [0.1, 0.15) is 0 Å². The van der Waals surface area contributed by atoms with Gasteiger partial charge >= 0.3 is 16.3 Å². The molecule has 0 aromatic heterocycles. The highest BCUT2D eigenvalue weighted by atomic mass is 32.2. The van der Waals surface area contributed by atoms with Crippen molar-refractivity contribution in [1.29, 1.82) is 0 Å². The second kappa shape index (κ2) is 5.79. The van der Waals surface area contributed by atoms with Crippen LogP contribution >= 0.6 is 0 Å². The number of esters is 1. The van der Waals surface area contributed by atoms with Gasteiger partial charge in [0.25, 0.3) is 0 Å². The zero-order valence-electron chi connectivity index (χ0n) is 8.43. The summed E-state index contributed by atoms with van der Waals surface area (Å²) < 4.78 is 29.6. The molecular formula is C7H13NO6S. The predicted molar refractivity (Wildman–Crippen MR) is 49.9 cm³/mol. The van der Waals surface area contributed by atoms with E-state index in [4.69, 9.17) is 0 Å². The highest BCUT2D eigenvalue weighted by Gasteiger charge is 2.18. The van der Waals surface area contributed by atoms with E-state index in [1.165, 1.54) is 6.92 Å². The zero-order chi connectivity index (χ0) is 12.1. The van der Waals surface area contributed by atoms with E-state index in [2.05, 4.69) is 14.1 Å². The Morgan fingerprint density at radius 1 is 1.33 bits per heavy atom. The van der Waals surface area contributed by atoms with Crippen molar-refractivity contribution in [3.05, 3.63) is 0 Å². The van der Waals surface area contributed by atoms with Gasteiger partial charge in [0, 0.05) is 13.3 Å². The van der Waals surface area contributed by atoms with Crippen LogP contribution in [0.3, 0.4) is 0 Å². The van der Waals surface area contributed by atoms with E-state index < -0.39 is 22.4 Å². The summed E-state index contributed by atoms with van der Waals surface area (Å²) in [6.07, 6.45) is -1.05. The van der Waals surface area contributed by atoms with Crippen LogP contribution in [0.5, 0.6) is 0 Å². The van der Waals surface area contributed by atoms with Gasteiger partial charge in [-0.3, -0.25) is 13.8 Å². The van der Waals surface area contributed by atoms with E-state index >= 15 is 0 Å². The van der Waals surface area contributed by atoms with Gasteiger partial charge < -0.3 is 4.74 Å². The molecule has 2 N–H and O–H groups in total. The van der Waals surface area contributed by atoms with Crippen LogP contribution in [-0.2, 0) is 28.8 Å². The molecule has 0 saturated carbocycles. The summed E-state index contributed by atoms with van der Waals surface area (Å²) >= 11 is 0. The molecule has 1 unspecified atom stereocenters. The molecule has 0 aromatic rings. The van der Waals surface area contributed by atoms with E-state index in [1.54, 1.807) is 0 Å². The van der Waals surface area contributed by atoms with Crippen molar-refractivity contribution in [2.75, 3.05) is 6.61 Å². The summed E-state index contributed by atoms with van der Waals surface area (Å²) in [7, 11) is -4.03. The summed E-state index contributed by atoms with van der Waals surface area (Å²) in [5.41, 5.74) is 0. The fourth-order valence-corrected chi connectivity index (χ4v) is 1.15. The topological polar surface area (TPSA) is 113 Å². The molecule has 0 saturated heterocycles. The van der Waals surface area contributed by atoms with Gasteiger partial charge in [-0.25, -0.2) is 5.14 Å². The number of hydrogen-bond acceptors (Lipinski definition) is 6. The zero-order valence-corrected chi connectivity index (χ0v) is 9.24. The summed E-state index contributed by atoms with van der Waals surface area (Å²) in [4.78, 5) is 21.5. The summed E-state index contributed by atoms with van der Waals surface area (Å²) in [6.45, 7) is 2.07. The summed E-state index contributed by atoms with van der Waals surface area (Å²) in [6, 6.07) is 0. The van der Waals surface area contributed by atoms with Gasteiger partial charge in [-0.15, -0.1) is 0 Å². The molecule has 0 spiro atoms. The SMILES string of the molecule is CC(=O)OC(CCOS(N)(=O)=O)C(C)=O. The van der Waals surface area contributed by atoms with E-state index in [0.29, 0.717) is 0 Å². The van der Waals surface area contributed by atoms with Crippen molar-refractivity contribution in [1.82, 2.24) is 0 Å². The fraction of sp³-hybridized carbons (Fsp3) is 0.714. The van der Waals surface area contributed by atoms with Gasteiger partial charge in [0.05, 0.1) is 6.61 Å². The standard InChI is InChI=1S/C7H13NO6S/c1-5(9)7(14-6(2)10)3-4-13-15(8,11)12/h7H,3-4H2,1-2H3,(H2,8,11,12). The van der Waals surface area contributed by atoms with Gasteiger partial charge in [-0.2, -0.15) is 8.42 Å². The molecule has 88 valence electrons. The van der Waals surface area contributed by atoms with Crippen molar-refractivity contribution in [2.45, 2.75) is 26.4 Å². The molecule has 0 aliphatic rings. The normalized spacial score (nSPS) is 13.3. The predicted octanol–water partition coefficient (Wildman–Crippen LogP) is -0.883. The first-order valence-electron chi connectivity index (χ1n) is 4.07. The molecule has 0 aromatic carbocycles. The lowest BCUT2D eigenvalue weighted by Crippen LogP contribution is -2.27. The molecule has 0 bridgehead atoms. The van der Waals surface area contributed by atoms with Crippen LogP contribution in [0.25, 0.3) is 0 Å². The molecule has 0 radical (unpaired) electrons. The summed E-state index contributed by atoms with van der Waals surface area (Å²) in [5.74, 6) is -1.01. The lowest BCUT2D eigenvalue weighted by Gasteiger charge is -2.12. The van der Waals surface area contributed by atoms with Crippen LogP contribution in [0.4, 0.5) is 0 Å². The van der Waals surface area contributed by atoms with Crippen LogP contribution in [0.2, 0.25) is 0 Å². The lowest BCUT2D eigenvalue weighted by atomic mass is 10.2. The Morgan fingerprint density at radius 2 is 1.87 bits per heavy atom. The quantitative estimate of drug-likeness (QED) is 0.602. The maximum atomic E-state index is 10.9. The second-order valence-electron chi connectivity index (χ2n) is 2.81. The van der Waals surface area contributed by atoms with Crippen LogP contribution in [0.1, 0.15) is 20.3 Å². The third-order valence-corrected chi connectivity index (χ3v) is 1.88. The largest absolute Gasteiger partial charge is 0.454 e. The van der Waals surface area contributed by atoms with Crippen molar-refractivity contribution in [3.8, 4) is 0 Å². The Balaban J connectivity index is 4.09. The molecule has 0 aliphatic carbocycles. The average molecular weight is 239 g/mol. The van der Waals surface area contributed by atoms with E-state index in [9.17, 15) is 18.0 Å². The minimum absolute atomic E-state index is 0.0503. The molecule has 0 rings (SSSR count). The van der Waals surface area contributed by atoms with Crippen LogP contribution < -0.4 is 5.14 Å². The van der Waals surface area contributed by atoms with Crippen molar-refractivity contribution < 1.29 is 26.9 Å². The molecule has 0 amide bonds. The number of ketones is 1. The maximum absolute atomic E-state index is 10.9. The first-order valence-corrected chi connectivity index (χ1v) is 5.54. The smallest absolute Gasteiger partial charge is 0.333 e. The highest BCUT2D eigenvalue weighted by Crippen LogP contribution is 2.02. The molecule has 15 heavy (non-hydrogen) atoms. The minimum atomic E-state index is -4.03. The molecule has 1 atom stereocenters. The average Bonchev–Trinajstić information content (AvgIpc) is 1.99. The highest BCUT2D eigenvalue weighted by molar-refractivity contribution is 7.84. The number of nitrogens with two attached hydrogens (primary N) is 1. The Morgan fingerprint density at radius 3 is 2.20 bits per heavy atom. The molecule has 8 heteroatoms. The van der Waals surface area contributed by atoms with E-state index in [0.717, 1.165) is 6.92 Å². The van der Waals surface area contributed by atoms with Crippen LogP contribution in [0, 0.1) is 0 Å². The number of ether oxygens (including phenoxy) is 1. The first kappa shape index (κ1) is 14.0. The third kappa shape index (κ3) is 8.03. The molecule has 7 nitrogen and oxygen atoms in total. The second-order valence-corrected chi connectivity index (χ2v) is 4.03. The number of Topliss-reactive ketones (excluding diaryl/α,β-unsaturated/α-hetero) is 1. The Hall–Kier alpha value is -0.990. The van der Waals surface area contributed by atoms with Crippen molar-refractivity contribution >= 4 is 22.1 Å². The molecular weight excluding hydrogens is 226 g/mol. The van der Waals surface area contributed by atoms with Crippen LogP contribution in [0.15, 0.2) is 0 Å². The monoisotopic (exact) mass is 239 g/mol.